The Morgan fingerprint density at radius 3 is 1.89 bits per heavy atom. The quantitative estimate of drug-likeness (QED) is 0.507. The van der Waals surface area contributed by atoms with E-state index >= 15 is 0 Å². The third-order valence-electron chi connectivity index (χ3n) is 1.61. The van der Waals surface area contributed by atoms with Gasteiger partial charge in [-0.15, -0.1) is 0 Å². The summed E-state index contributed by atoms with van der Waals surface area (Å²) in [5.74, 6) is -1.70. The molecule has 0 saturated heterocycles. The predicted molar refractivity (Wildman–Crippen MR) is 58.4 cm³/mol. The van der Waals surface area contributed by atoms with Crippen molar-refractivity contribution in [3.05, 3.63) is 0 Å². The normalized spacial score (nSPS) is 14.2. The molecule has 0 aromatic carbocycles. The first-order valence-electron chi connectivity index (χ1n) is 5.51. The highest BCUT2D eigenvalue weighted by Crippen LogP contribution is 2.52. The number of carbonyl (C=O) groups is 1. The molecule has 0 aliphatic rings. The van der Waals surface area contributed by atoms with Crippen LogP contribution in [-0.2, 0) is 27.7 Å². The molecular formula is C9H16F3O6P. The van der Waals surface area contributed by atoms with Crippen molar-refractivity contribution in [2.24, 2.45) is 0 Å². The molecule has 0 N–H and O–H groups in total. The van der Waals surface area contributed by atoms with Gasteiger partial charge in [0.2, 0.25) is 0 Å². The van der Waals surface area contributed by atoms with E-state index < -0.39 is 26.1 Å². The van der Waals surface area contributed by atoms with Gasteiger partial charge in [-0.3, -0.25) is 13.6 Å². The van der Waals surface area contributed by atoms with E-state index in [4.69, 9.17) is 0 Å². The molecule has 0 rings (SSSR count). The van der Waals surface area contributed by atoms with Crippen LogP contribution in [0.2, 0.25) is 0 Å². The van der Waals surface area contributed by atoms with E-state index in [0.29, 0.717) is 0 Å². The van der Waals surface area contributed by atoms with Crippen molar-refractivity contribution in [3.63, 3.8) is 0 Å². The molecule has 0 aliphatic heterocycles. The molecule has 0 spiro atoms. The van der Waals surface area contributed by atoms with Crippen LogP contribution in [-0.4, -0.2) is 38.1 Å². The molecule has 0 bridgehead atoms. The molecule has 114 valence electrons. The maximum atomic E-state index is 12.6. The Bertz CT molecular complexity index is 322. The van der Waals surface area contributed by atoms with Gasteiger partial charge in [0.15, 0.2) is 0 Å². The molecule has 0 aliphatic carbocycles. The highest BCUT2D eigenvalue weighted by atomic mass is 31.2. The summed E-state index contributed by atoms with van der Waals surface area (Å²) in [5.41, 5.74) is 0. The van der Waals surface area contributed by atoms with Crippen LogP contribution >= 0.6 is 7.82 Å². The summed E-state index contributed by atoms with van der Waals surface area (Å²) in [4.78, 5) is 11.2. The minimum absolute atomic E-state index is 0.204. The molecule has 6 nitrogen and oxygen atoms in total. The SMILES string of the molecule is CCOC(=O)C(OP(=O)(OCC)OCC)C(F)(F)F. The van der Waals surface area contributed by atoms with Crippen molar-refractivity contribution < 1.29 is 40.8 Å². The molecule has 10 heteroatoms. The zero-order valence-corrected chi connectivity index (χ0v) is 11.6. The Labute approximate surface area is 108 Å². The van der Waals surface area contributed by atoms with Gasteiger partial charge < -0.3 is 4.74 Å². The predicted octanol–water partition coefficient (Wildman–Crippen LogP) is 2.68. The fourth-order valence-electron chi connectivity index (χ4n) is 0.998. The highest BCUT2D eigenvalue weighted by molar-refractivity contribution is 7.48. The molecule has 1 unspecified atom stereocenters. The summed E-state index contributed by atoms with van der Waals surface area (Å²) in [6, 6.07) is 0. The van der Waals surface area contributed by atoms with E-state index in [1.54, 1.807) is 0 Å². The van der Waals surface area contributed by atoms with Gasteiger partial charge in [-0.1, -0.05) is 0 Å². The molecule has 19 heavy (non-hydrogen) atoms. The third kappa shape index (κ3) is 6.38. The second kappa shape index (κ2) is 7.84. The lowest BCUT2D eigenvalue weighted by Crippen LogP contribution is -2.40. The van der Waals surface area contributed by atoms with Gasteiger partial charge in [-0.2, -0.15) is 13.2 Å². The standard InChI is InChI=1S/C9H16F3O6P/c1-4-15-8(13)7(9(10,11)12)18-19(14,16-5-2)17-6-3/h7H,4-6H2,1-3H3. The van der Waals surface area contributed by atoms with Crippen LogP contribution in [0.3, 0.4) is 0 Å². The van der Waals surface area contributed by atoms with Crippen LogP contribution in [0, 0.1) is 0 Å². The van der Waals surface area contributed by atoms with E-state index in [9.17, 15) is 22.5 Å². The topological polar surface area (TPSA) is 71.1 Å². The van der Waals surface area contributed by atoms with E-state index in [0.717, 1.165) is 0 Å². The van der Waals surface area contributed by atoms with Crippen LogP contribution < -0.4 is 0 Å². The Hall–Kier alpha value is -0.630. The van der Waals surface area contributed by atoms with Gasteiger partial charge in [-0.25, -0.2) is 9.36 Å². The summed E-state index contributed by atoms with van der Waals surface area (Å²) in [5, 5.41) is 0. The molecule has 0 aromatic rings. The molecule has 0 fully saturated rings. The number of hydrogen-bond donors (Lipinski definition) is 0. The zero-order valence-electron chi connectivity index (χ0n) is 10.7. The Kier molecular flexibility index (Phi) is 7.58. The number of halogens is 3. The molecule has 1 atom stereocenters. The average molecular weight is 308 g/mol. The van der Waals surface area contributed by atoms with Crippen molar-refractivity contribution in [1.29, 1.82) is 0 Å². The number of ether oxygens (including phenoxy) is 1. The monoisotopic (exact) mass is 308 g/mol. The first kappa shape index (κ1) is 18.4. The third-order valence-corrected chi connectivity index (χ3v) is 3.22. The minimum atomic E-state index is -5.09. The first-order chi connectivity index (χ1) is 8.70. The van der Waals surface area contributed by atoms with Crippen molar-refractivity contribution in [2.45, 2.75) is 33.1 Å². The van der Waals surface area contributed by atoms with E-state index in [2.05, 4.69) is 18.3 Å². The number of phosphoric ester groups is 1. The van der Waals surface area contributed by atoms with E-state index in [1.807, 2.05) is 0 Å². The van der Waals surface area contributed by atoms with Crippen LogP contribution in [0.5, 0.6) is 0 Å². The smallest absolute Gasteiger partial charge is 0.464 e. The number of phosphoric acid groups is 1. The number of hydrogen-bond acceptors (Lipinski definition) is 6. The second-order valence-electron chi connectivity index (χ2n) is 3.06. The number of carbonyl (C=O) groups excluding carboxylic acids is 1. The second-order valence-corrected chi connectivity index (χ2v) is 4.68. The number of esters is 1. The van der Waals surface area contributed by atoms with Gasteiger partial charge in [0.1, 0.15) is 0 Å². The summed E-state index contributed by atoms with van der Waals surface area (Å²) < 4.78 is 67.2. The highest BCUT2D eigenvalue weighted by Gasteiger charge is 2.52. The van der Waals surface area contributed by atoms with Gasteiger partial charge in [-0.05, 0) is 20.8 Å². The van der Waals surface area contributed by atoms with E-state index in [-0.39, 0.29) is 19.8 Å². The summed E-state index contributed by atoms with van der Waals surface area (Å²) in [7, 11) is -4.47. The summed E-state index contributed by atoms with van der Waals surface area (Å²) >= 11 is 0. The largest absolute Gasteiger partial charge is 0.475 e. The first-order valence-corrected chi connectivity index (χ1v) is 6.97. The fraction of sp³-hybridized carbons (Fsp3) is 0.889. The molecule has 0 heterocycles. The van der Waals surface area contributed by atoms with Crippen molar-refractivity contribution >= 4 is 13.8 Å². The zero-order chi connectivity index (χ0) is 15.1. The van der Waals surface area contributed by atoms with Crippen LogP contribution in [0.25, 0.3) is 0 Å². The lowest BCUT2D eigenvalue weighted by Gasteiger charge is -2.23. The van der Waals surface area contributed by atoms with Gasteiger partial charge in [0, 0.05) is 0 Å². The van der Waals surface area contributed by atoms with E-state index in [1.165, 1.54) is 20.8 Å². The average Bonchev–Trinajstić information content (AvgIpc) is 2.25. The van der Waals surface area contributed by atoms with Crippen molar-refractivity contribution in [2.75, 3.05) is 19.8 Å². The van der Waals surface area contributed by atoms with Gasteiger partial charge in [0.25, 0.3) is 6.10 Å². The lowest BCUT2D eigenvalue weighted by molar-refractivity contribution is -0.215. The summed E-state index contributed by atoms with van der Waals surface area (Å²) in [6.07, 6.45) is -8.10. The van der Waals surface area contributed by atoms with Crippen molar-refractivity contribution in [1.82, 2.24) is 0 Å². The van der Waals surface area contributed by atoms with Crippen LogP contribution in [0.1, 0.15) is 20.8 Å². The maximum absolute atomic E-state index is 12.6. The molecule has 0 saturated carbocycles. The molecule has 0 aromatic heterocycles. The maximum Gasteiger partial charge on any atom is 0.475 e. The minimum Gasteiger partial charge on any atom is -0.464 e. The van der Waals surface area contributed by atoms with Gasteiger partial charge in [0.05, 0.1) is 19.8 Å². The van der Waals surface area contributed by atoms with Crippen LogP contribution in [0.15, 0.2) is 0 Å². The summed E-state index contributed by atoms with van der Waals surface area (Å²) in [6.45, 7) is 3.43. The molecule has 0 radical (unpaired) electrons. The Morgan fingerprint density at radius 1 is 1.11 bits per heavy atom. The number of rotatable bonds is 8. The van der Waals surface area contributed by atoms with Gasteiger partial charge >= 0.3 is 20.0 Å². The number of alkyl halides is 3. The lowest BCUT2D eigenvalue weighted by atomic mass is 10.3. The Balaban J connectivity index is 5.07. The molecular weight excluding hydrogens is 292 g/mol. The Morgan fingerprint density at radius 2 is 1.58 bits per heavy atom. The fourth-order valence-corrected chi connectivity index (χ4v) is 2.29. The van der Waals surface area contributed by atoms with Crippen molar-refractivity contribution in [3.8, 4) is 0 Å². The van der Waals surface area contributed by atoms with Crippen LogP contribution in [0.4, 0.5) is 13.2 Å². The molecule has 0 amide bonds.